The van der Waals surface area contributed by atoms with Crippen molar-refractivity contribution in [3.8, 4) is 0 Å². The Kier molecular flexibility index (Phi) is 8.28. The lowest BCUT2D eigenvalue weighted by Crippen LogP contribution is -2.42. The maximum absolute atomic E-state index is 13.1. The largest absolute Gasteiger partial charge is 0.337 e. The SMILES string of the molecule is CC1CCC(C)N1C(=O)C1CCCCCCCCCCCC(=O)C1. The van der Waals surface area contributed by atoms with Crippen LogP contribution in [0, 0.1) is 5.92 Å². The molecule has 0 aromatic heterocycles. The quantitative estimate of drug-likeness (QED) is 0.655. The fourth-order valence-corrected chi connectivity index (χ4v) is 4.48. The van der Waals surface area contributed by atoms with Crippen LogP contribution >= 0.6 is 0 Å². The summed E-state index contributed by atoms with van der Waals surface area (Å²) in [5.41, 5.74) is 0. The van der Waals surface area contributed by atoms with Gasteiger partial charge >= 0.3 is 0 Å². The molecule has 0 N–H and O–H groups in total. The van der Waals surface area contributed by atoms with Gasteiger partial charge in [-0.05, 0) is 39.5 Å². The molecular weight excluding hydrogens is 298 g/mol. The molecule has 138 valence electrons. The van der Waals surface area contributed by atoms with Crippen LogP contribution in [0.1, 0.15) is 104 Å². The third-order valence-corrected chi connectivity index (χ3v) is 6.04. The van der Waals surface area contributed by atoms with Crippen molar-refractivity contribution >= 4 is 11.7 Å². The van der Waals surface area contributed by atoms with Gasteiger partial charge in [-0.3, -0.25) is 9.59 Å². The molecule has 0 aromatic carbocycles. The molecule has 0 radical (unpaired) electrons. The van der Waals surface area contributed by atoms with Gasteiger partial charge in [0.15, 0.2) is 0 Å². The van der Waals surface area contributed by atoms with Crippen molar-refractivity contribution < 1.29 is 9.59 Å². The second kappa shape index (κ2) is 10.2. The van der Waals surface area contributed by atoms with E-state index in [0.29, 0.717) is 30.7 Å². The summed E-state index contributed by atoms with van der Waals surface area (Å²) in [6.45, 7) is 4.32. The van der Waals surface area contributed by atoms with Crippen LogP contribution in [0.25, 0.3) is 0 Å². The van der Waals surface area contributed by atoms with Gasteiger partial charge in [0.25, 0.3) is 0 Å². The topological polar surface area (TPSA) is 37.4 Å². The zero-order valence-corrected chi connectivity index (χ0v) is 15.9. The number of likely N-dealkylation sites (tertiary alicyclic amines) is 1. The molecule has 1 aliphatic carbocycles. The van der Waals surface area contributed by atoms with E-state index < -0.39 is 0 Å². The smallest absolute Gasteiger partial charge is 0.226 e. The minimum Gasteiger partial charge on any atom is -0.337 e. The Morgan fingerprint density at radius 3 is 1.88 bits per heavy atom. The average molecular weight is 336 g/mol. The molecule has 3 nitrogen and oxygen atoms in total. The molecule has 2 aliphatic rings. The lowest BCUT2D eigenvalue weighted by molar-refractivity contribution is -0.140. The Bertz CT molecular complexity index is 397. The maximum atomic E-state index is 13.1. The van der Waals surface area contributed by atoms with Crippen molar-refractivity contribution in [2.24, 2.45) is 5.92 Å². The third-order valence-electron chi connectivity index (χ3n) is 6.04. The molecule has 1 aliphatic heterocycles. The van der Waals surface area contributed by atoms with E-state index >= 15 is 0 Å². The van der Waals surface area contributed by atoms with Crippen molar-refractivity contribution in [2.75, 3.05) is 0 Å². The monoisotopic (exact) mass is 335 g/mol. The second-order valence-corrected chi connectivity index (χ2v) is 8.18. The summed E-state index contributed by atoms with van der Waals surface area (Å²) >= 11 is 0. The van der Waals surface area contributed by atoms with Crippen LogP contribution in [0.15, 0.2) is 0 Å². The number of hydrogen-bond acceptors (Lipinski definition) is 2. The minimum absolute atomic E-state index is 0.0663. The Hall–Kier alpha value is -0.860. The van der Waals surface area contributed by atoms with Crippen LogP contribution in [0.2, 0.25) is 0 Å². The lowest BCUT2D eigenvalue weighted by atomic mass is 9.91. The highest BCUT2D eigenvalue weighted by molar-refractivity contribution is 5.87. The second-order valence-electron chi connectivity index (χ2n) is 8.18. The van der Waals surface area contributed by atoms with E-state index in [0.717, 1.165) is 32.1 Å². The number of Topliss-reactive ketones (excluding diaryl/α,β-unsaturated/α-hetero) is 1. The molecular formula is C21H37NO2. The fraction of sp³-hybridized carbons (Fsp3) is 0.905. The molecule has 24 heavy (non-hydrogen) atoms. The molecule has 1 heterocycles. The summed E-state index contributed by atoms with van der Waals surface area (Å²) < 4.78 is 0. The van der Waals surface area contributed by atoms with Crippen molar-refractivity contribution in [3.63, 3.8) is 0 Å². The Balaban J connectivity index is 1.96. The predicted octanol–water partition coefficient (Wildman–Crippen LogP) is 5.27. The highest BCUT2D eigenvalue weighted by Crippen LogP contribution is 2.29. The number of carbonyl (C=O) groups is 2. The van der Waals surface area contributed by atoms with Crippen LogP contribution in [-0.4, -0.2) is 28.7 Å². The van der Waals surface area contributed by atoms with Crippen LogP contribution < -0.4 is 0 Å². The first-order chi connectivity index (χ1) is 11.6. The molecule has 1 amide bonds. The Labute approximate surface area is 148 Å². The summed E-state index contributed by atoms with van der Waals surface area (Å²) in [4.78, 5) is 27.5. The van der Waals surface area contributed by atoms with Crippen molar-refractivity contribution in [1.82, 2.24) is 4.90 Å². The van der Waals surface area contributed by atoms with Gasteiger partial charge in [-0.15, -0.1) is 0 Å². The molecule has 3 atom stereocenters. The summed E-state index contributed by atoms with van der Waals surface area (Å²) in [5, 5.41) is 0. The zero-order valence-electron chi connectivity index (χ0n) is 15.9. The average Bonchev–Trinajstić information content (AvgIpc) is 2.89. The fourth-order valence-electron chi connectivity index (χ4n) is 4.48. The van der Waals surface area contributed by atoms with Crippen molar-refractivity contribution in [2.45, 2.75) is 116 Å². The number of nitrogens with zero attached hydrogens (tertiary/aromatic N) is 1. The number of rotatable bonds is 1. The standard InChI is InChI=1S/C21H37NO2/c1-17-14-15-18(2)22(17)21(24)19-12-10-8-6-4-3-5-7-9-11-13-20(23)16-19/h17-19H,3-16H2,1-2H3. The van der Waals surface area contributed by atoms with E-state index in [1.807, 2.05) is 0 Å². The number of carbonyl (C=O) groups excluding carboxylic acids is 2. The molecule has 1 saturated carbocycles. The predicted molar refractivity (Wildman–Crippen MR) is 98.9 cm³/mol. The zero-order chi connectivity index (χ0) is 17.4. The first-order valence-corrected chi connectivity index (χ1v) is 10.4. The molecule has 2 rings (SSSR count). The third kappa shape index (κ3) is 5.89. The molecule has 1 saturated heterocycles. The summed E-state index contributed by atoms with van der Waals surface area (Å²) in [7, 11) is 0. The van der Waals surface area contributed by atoms with Gasteiger partial charge in [0.05, 0.1) is 0 Å². The molecule has 0 spiro atoms. The van der Waals surface area contributed by atoms with Gasteiger partial charge in [0.1, 0.15) is 5.78 Å². The first-order valence-electron chi connectivity index (χ1n) is 10.4. The van der Waals surface area contributed by atoms with Crippen LogP contribution in [-0.2, 0) is 9.59 Å². The highest BCUT2D eigenvalue weighted by Gasteiger charge is 2.35. The highest BCUT2D eigenvalue weighted by atomic mass is 16.2. The molecule has 3 unspecified atom stereocenters. The number of ketones is 1. The van der Waals surface area contributed by atoms with Gasteiger partial charge in [0.2, 0.25) is 5.91 Å². The molecule has 2 fully saturated rings. The van der Waals surface area contributed by atoms with E-state index in [1.54, 1.807) is 0 Å². The maximum Gasteiger partial charge on any atom is 0.226 e. The summed E-state index contributed by atoms with van der Waals surface area (Å²) in [6, 6.07) is 0.686. The Morgan fingerprint density at radius 1 is 0.792 bits per heavy atom. The van der Waals surface area contributed by atoms with Crippen LogP contribution in [0.4, 0.5) is 0 Å². The first kappa shape index (κ1) is 19.5. The van der Waals surface area contributed by atoms with Crippen LogP contribution in [0.3, 0.4) is 0 Å². The Morgan fingerprint density at radius 2 is 1.29 bits per heavy atom. The van der Waals surface area contributed by atoms with E-state index in [4.69, 9.17) is 0 Å². The van der Waals surface area contributed by atoms with Gasteiger partial charge < -0.3 is 4.90 Å². The van der Waals surface area contributed by atoms with E-state index in [1.165, 1.54) is 44.9 Å². The van der Waals surface area contributed by atoms with E-state index in [2.05, 4.69) is 18.7 Å². The van der Waals surface area contributed by atoms with Crippen LogP contribution in [0.5, 0.6) is 0 Å². The van der Waals surface area contributed by atoms with Gasteiger partial charge in [-0.2, -0.15) is 0 Å². The lowest BCUT2D eigenvalue weighted by Gasteiger charge is -2.30. The van der Waals surface area contributed by atoms with Gasteiger partial charge in [-0.25, -0.2) is 0 Å². The molecule has 3 heteroatoms. The summed E-state index contributed by atoms with van der Waals surface area (Å²) in [6.07, 6.45) is 15.3. The number of amides is 1. The van der Waals surface area contributed by atoms with Crippen molar-refractivity contribution in [1.29, 1.82) is 0 Å². The number of hydrogen-bond donors (Lipinski definition) is 0. The molecule has 0 bridgehead atoms. The van der Waals surface area contributed by atoms with E-state index in [-0.39, 0.29) is 11.8 Å². The normalized spacial score (nSPS) is 31.7. The molecule has 0 aromatic rings. The van der Waals surface area contributed by atoms with Gasteiger partial charge in [0, 0.05) is 30.8 Å². The van der Waals surface area contributed by atoms with Crippen molar-refractivity contribution in [3.05, 3.63) is 0 Å². The van der Waals surface area contributed by atoms with E-state index in [9.17, 15) is 9.59 Å². The minimum atomic E-state index is -0.0663. The van der Waals surface area contributed by atoms with Gasteiger partial charge in [-0.1, -0.05) is 51.4 Å². The summed E-state index contributed by atoms with van der Waals surface area (Å²) in [5.74, 6) is 0.501.